The van der Waals surface area contributed by atoms with E-state index >= 15 is 0 Å². The standard InChI is InChI=1S/C13H17N5/c1-3-4-11-10(7-14)8-16-13(18-11)12-5-6-15-9(2)17-12/h5-6,8H,3-4,7,14H2,1-2H3. The van der Waals surface area contributed by atoms with E-state index in [0.717, 1.165) is 35.6 Å². The summed E-state index contributed by atoms with van der Waals surface area (Å²) in [6.45, 7) is 4.44. The number of aryl methyl sites for hydroxylation is 2. The maximum atomic E-state index is 5.69. The van der Waals surface area contributed by atoms with Crippen molar-refractivity contribution >= 4 is 0 Å². The molecule has 18 heavy (non-hydrogen) atoms. The first kappa shape index (κ1) is 12.6. The molecule has 2 heterocycles. The number of nitrogens with two attached hydrogens (primary N) is 1. The van der Waals surface area contributed by atoms with E-state index in [1.807, 2.05) is 13.0 Å². The third-order valence-electron chi connectivity index (χ3n) is 2.67. The molecule has 2 aromatic rings. The Kier molecular flexibility index (Phi) is 3.94. The molecule has 0 aliphatic rings. The van der Waals surface area contributed by atoms with Crippen LogP contribution in [0.5, 0.6) is 0 Å². The Hall–Kier alpha value is -1.88. The largest absolute Gasteiger partial charge is 0.326 e. The minimum absolute atomic E-state index is 0.471. The van der Waals surface area contributed by atoms with Gasteiger partial charge in [-0.15, -0.1) is 0 Å². The zero-order chi connectivity index (χ0) is 13.0. The van der Waals surface area contributed by atoms with Crippen molar-refractivity contribution in [2.75, 3.05) is 0 Å². The van der Waals surface area contributed by atoms with Crippen LogP contribution in [0.2, 0.25) is 0 Å². The summed E-state index contributed by atoms with van der Waals surface area (Å²) >= 11 is 0. The molecule has 0 atom stereocenters. The molecule has 0 radical (unpaired) electrons. The second-order valence-corrected chi connectivity index (χ2v) is 4.11. The van der Waals surface area contributed by atoms with Crippen LogP contribution in [0.1, 0.15) is 30.4 Å². The lowest BCUT2D eigenvalue weighted by Gasteiger charge is -2.07. The molecule has 5 heteroatoms. The van der Waals surface area contributed by atoms with Gasteiger partial charge in [-0.25, -0.2) is 19.9 Å². The smallest absolute Gasteiger partial charge is 0.178 e. The highest BCUT2D eigenvalue weighted by atomic mass is 14.9. The highest BCUT2D eigenvalue weighted by Crippen LogP contribution is 2.15. The highest BCUT2D eigenvalue weighted by molar-refractivity contribution is 5.48. The van der Waals surface area contributed by atoms with Crippen molar-refractivity contribution in [2.45, 2.75) is 33.2 Å². The van der Waals surface area contributed by atoms with Crippen LogP contribution in [0.3, 0.4) is 0 Å². The van der Waals surface area contributed by atoms with Crippen molar-refractivity contribution in [2.24, 2.45) is 5.73 Å². The Morgan fingerprint density at radius 1 is 1.22 bits per heavy atom. The molecule has 94 valence electrons. The molecule has 0 aliphatic carbocycles. The molecule has 0 bridgehead atoms. The van der Waals surface area contributed by atoms with Gasteiger partial charge in [0.15, 0.2) is 5.82 Å². The third kappa shape index (κ3) is 2.68. The molecule has 0 saturated carbocycles. The number of nitrogens with zero attached hydrogens (tertiary/aromatic N) is 4. The Labute approximate surface area is 107 Å². The molecule has 0 aliphatic heterocycles. The summed E-state index contributed by atoms with van der Waals surface area (Å²) < 4.78 is 0. The van der Waals surface area contributed by atoms with Crippen LogP contribution in [0.25, 0.3) is 11.5 Å². The van der Waals surface area contributed by atoms with Crippen molar-refractivity contribution in [3.05, 3.63) is 35.5 Å². The highest BCUT2D eigenvalue weighted by Gasteiger charge is 2.08. The average molecular weight is 243 g/mol. The molecule has 0 unspecified atom stereocenters. The molecule has 2 aromatic heterocycles. The number of rotatable bonds is 4. The van der Waals surface area contributed by atoms with Crippen molar-refractivity contribution in [1.82, 2.24) is 19.9 Å². The van der Waals surface area contributed by atoms with Crippen molar-refractivity contribution < 1.29 is 0 Å². The fourth-order valence-corrected chi connectivity index (χ4v) is 1.77. The Morgan fingerprint density at radius 2 is 2.06 bits per heavy atom. The first-order valence-corrected chi connectivity index (χ1v) is 6.09. The summed E-state index contributed by atoms with van der Waals surface area (Å²) in [5.41, 5.74) is 8.46. The lowest BCUT2D eigenvalue weighted by Crippen LogP contribution is -2.07. The molecule has 0 amide bonds. The van der Waals surface area contributed by atoms with E-state index in [1.54, 1.807) is 12.4 Å². The monoisotopic (exact) mass is 243 g/mol. The zero-order valence-electron chi connectivity index (χ0n) is 10.7. The van der Waals surface area contributed by atoms with Crippen LogP contribution >= 0.6 is 0 Å². The van der Waals surface area contributed by atoms with Gasteiger partial charge in [0, 0.05) is 30.2 Å². The van der Waals surface area contributed by atoms with Crippen LogP contribution in [0.4, 0.5) is 0 Å². The topological polar surface area (TPSA) is 77.6 Å². The molecule has 0 spiro atoms. The van der Waals surface area contributed by atoms with Crippen molar-refractivity contribution in [1.29, 1.82) is 0 Å². The van der Waals surface area contributed by atoms with Gasteiger partial charge in [-0.2, -0.15) is 0 Å². The average Bonchev–Trinajstić information content (AvgIpc) is 2.39. The number of hydrogen-bond acceptors (Lipinski definition) is 5. The minimum atomic E-state index is 0.471. The van der Waals surface area contributed by atoms with E-state index in [9.17, 15) is 0 Å². The van der Waals surface area contributed by atoms with Gasteiger partial charge in [-0.1, -0.05) is 13.3 Å². The first-order chi connectivity index (χ1) is 8.74. The molecule has 2 N–H and O–H groups in total. The fourth-order valence-electron chi connectivity index (χ4n) is 1.77. The van der Waals surface area contributed by atoms with E-state index < -0.39 is 0 Å². The van der Waals surface area contributed by atoms with Crippen LogP contribution in [0, 0.1) is 6.92 Å². The summed E-state index contributed by atoms with van der Waals surface area (Å²) in [5, 5.41) is 0. The maximum absolute atomic E-state index is 5.69. The van der Waals surface area contributed by atoms with Gasteiger partial charge in [0.05, 0.1) is 0 Å². The van der Waals surface area contributed by atoms with Gasteiger partial charge in [-0.05, 0) is 19.4 Å². The van der Waals surface area contributed by atoms with Gasteiger partial charge in [-0.3, -0.25) is 0 Å². The zero-order valence-corrected chi connectivity index (χ0v) is 10.7. The van der Waals surface area contributed by atoms with E-state index in [4.69, 9.17) is 5.73 Å². The Bertz CT molecular complexity index is 539. The fraction of sp³-hybridized carbons (Fsp3) is 0.385. The minimum Gasteiger partial charge on any atom is -0.326 e. The SMILES string of the molecule is CCCc1nc(-c2ccnc(C)n2)ncc1CN. The second kappa shape index (κ2) is 5.64. The van der Waals surface area contributed by atoms with Crippen LogP contribution in [-0.2, 0) is 13.0 Å². The Morgan fingerprint density at radius 3 is 2.72 bits per heavy atom. The van der Waals surface area contributed by atoms with Crippen LogP contribution in [0.15, 0.2) is 18.5 Å². The van der Waals surface area contributed by atoms with Crippen molar-refractivity contribution in [3.63, 3.8) is 0 Å². The maximum Gasteiger partial charge on any atom is 0.178 e. The summed E-state index contributed by atoms with van der Waals surface area (Å²) in [6.07, 6.45) is 5.46. The molecule has 0 aromatic carbocycles. The van der Waals surface area contributed by atoms with Crippen LogP contribution in [-0.4, -0.2) is 19.9 Å². The number of aromatic nitrogens is 4. The van der Waals surface area contributed by atoms with Gasteiger partial charge in [0.25, 0.3) is 0 Å². The lowest BCUT2D eigenvalue weighted by atomic mass is 10.1. The van der Waals surface area contributed by atoms with Gasteiger partial charge in [0.1, 0.15) is 11.5 Å². The molecule has 0 saturated heterocycles. The van der Waals surface area contributed by atoms with Crippen LogP contribution < -0.4 is 5.73 Å². The summed E-state index contributed by atoms with van der Waals surface area (Å²) in [4.78, 5) is 17.3. The van der Waals surface area contributed by atoms with Gasteiger partial charge >= 0.3 is 0 Å². The van der Waals surface area contributed by atoms with E-state index in [2.05, 4.69) is 26.9 Å². The lowest BCUT2D eigenvalue weighted by molar-refractivity contribution is 0.838. The predicted octanol–water partition coefficient (Wildman–Crippen LogP) is 1.65. The normalized spacial score (nSPS) is 10.6. The van der Waals surface area contributed by atoms with Crippen molar-refractivity contribution in [3.8, 4) is 11.5 Å². The van der Waals surface area contributed by atoms with E-state index in [1.165, 1.54) is 0 Å². The quantitative estimate of drug-likeness (QED) is 0.883. The third-order valence-corrected chi connectivity index (χ3v) is 2.67. The molecule has 5 nitrogen and oxygen atoms in total. The van der Waals surface area contributed by atoms with Gasteiger partial charge in [0.2, 0.25) is 0 Å². The van der Waals surface area contributed by atoms with E-state index in [0.29, 0.717) is 12.4 Å². The predicted molar refractivity (Wildman–Crippen MR) is 69.7 cm³/mol. The molecule has 2 rings (SSSR count). The second-order valence-electron chi connectivity index (χ2n) is 4.11. The summed E-state index contributed by atoms with van der Waals surface area (Å²) in [6, 6.07) is 1.82. The number of hydrogen-bond donors (Lipinski definition) is 1. The molecular formula is C13H17N5. The summed E-state index contributed by atoms with van der Waals surface area (Å²) in [5.74, 6) is 1.36. The molecular weight excluding hydrogens is 226 g/mol. The Balaban J connectivity index is 2.43. The summed E-state index contributed by atoms with van der Waals surface area (Å²) in [7, 11) is 0. The van der Waals surface area contributed by atoms with E-state index in [-0.39, 0.29) is 0 Å². The van der Waals surface area contributed by atoms with Gasteiger partial charge < -0.3 is 5.73 Å². The first-order valence-electron chi connectivity index (χ1n) is 6.09. The molecule has 0 fully saturated rings.